The molecule has 0 saturated carbocycles. The molecule has 1 aliphatic heterocycles. The number of carbonyl (C=O) groups is 1. The topological polar surface area (TPSA) is 74.6 Å². The Hall–Kier alpha value is -3.22. The van der Waals surface area contributed by atoms with Gasteiger partial charge in [0.25, 0.3) is 5.91 Å². The summed E-state index contributed by atoms with van der Waals surface area (Å²) in [7, 11) is 3.40. The number of aromatic nitrogens is 2. The van der Waals surface area contributed by atoms with E-state index in [0.29, 0.717) is 47.4 Å². The van der Waals surface area contributed by atoms with Crippen LogP contribution in [0.2, 0.25) is 0 Å². The third kappa shape index (κ3) is 2.73. The first kappa shape index (κ1) is 15.3. The summed E-state index contributed by atoms with van der Waals surface area (Å²) < 4.78 is 18.0. The fourth-order valence-corrected chi connectivity index (χ4v) is 2.88. The summed E-state index contributed by atoms with van der Waals surface area (Å²) in [5.74, 6) is 1.76. The minimum atomic E-state index is -0.219. The number of nitrogens with one attached hydrogen (secondary N) is 1. The molecular formula is C18H17N3O4. The smallest absolute Gasteiger partial charge is 0.255 e. The molecule has 0 atom stereocenters. The molecule has 1 aliphatic rings. The van der Waals surface area contributed by atoms with Gasteiger partial charge in [-0.1, -0.05) is 0 Å². The van der Waals surface area contributed by atoms with Gasteiger partial charge in [-0.25, -0.2) is 4.68 Å². The molecule has 3 aromatic rings. The number of fused-ring (bicyclic) bond motifs is 2. The summed E-state index contributed by atoms with van der Waals surface area (Å²) in [4.78, 5) is 12.5. The molecule has 1 amide bonds. The summed E-state index contributed by atoms with van der Waals surface area (Å²) in [5, 5.41) is 8.10. The molecule has 128 valence electrons. The summed E-state index contributed by atoms with van der Waals surface area (Å²) in [6.07, 6.45) is 0. The number of hydrogen-bond acceptors (Lipinski definition) is 5. The normalized spacial score (nSPS) is 12.9. The van der Waals surface area contributed by atoms with Gasteiger partial charge in [-0.15, -0.1) is 0 Å². The van der Waals surface area contributed by atoms with E-state index in [1.807, 2.05) is 6.07 Å². The van der Waals surface area contributed by atoms with Gasteiger partial charge in [-0.05, 0) is 30.3 Å². The maximum absolute atomic E-state index is 12.5. The largest absolute Gasteiger partial charge is 0.486 e. The van der Waals surface area contributed by atoms with Crippen LogP contribution in [0, 0.1) is 0 Å². The summed E-state index contributed by atoms with van der Waals surface area (Å²) in [5.41, 5.74) is 1.87. The molecule has 0 spiro atoms. The van der Waals surface area contributed by atoms with E-state index in [4.69, 9.17) is 14.2 Å². The molecule has 4 rings (SSSR count). The zero-order valence-electron chi connectivity index (χ0n) is 13.9. The molecule has 0 bridgehead atoms. The van der Waals surface area contributed by atoms with Crippen LogP contribution < -0.4 is 19.5 Å². The average molecular weight is 339 g/mol. The second-order valence-corrected chi connectivity index (χ2v) is 5.68. The molecule has 1 aromatic heterocycles. The summed E-state index contributed by atoms with van der Waals surface area (Å²) in [6.45, 7) is 1.04. The van der Waals surface area contributed by atoms with Gasteiger partial charge in [0.2, 0.25) is 5.88 Å². The molecule has 0 aliphatic carbocycles. The van der Waals surface area contributed by atoms with Crippen molar-refractivity contribution in [3.63, 3.8) is 0 Å². The van der Waals surface area contributed by atoms with Crippen LogP contribution in [0.1, 0.15) is 10.4 Å². The molecule has 25 heavy (non-hydrogen) atoms. The molecule has 7 nitrogen and oxygen atoms in total. The van der Waals surface area contributed by atoms with Crippen molar-refractivity contribution in [3.8, 4) is 17.4 Å². The van der Waals surface area contributed by atoms with Crippen molar-refractivity contribution in [2.75, 3.05) is 25.6 Å². The van der Waals surface area contributed by atoms with Crippen LogP contribution in [0.15, 0.2) is 36.4 Å². The minimum absolute atomic E-state index is 0.219. The van der Waals surface area contributed by atoms with Crippen LogP contribution in [0.4, 0.5) is 5.69 Å². The minimum Gasteiger partial charge on any atom is -0.486 e. The first-order valence-corrected chi connectivity index (χ1v) is 7.87. The van der Waals surface area contributed by atoms with Crippen LogP contribution in [0.5, 0.6) is 17.4 Å². The SMILES string of the molecule is COc1c2ccc(C(=O)Nc3ccc4c(c3)OCCO4)cc2nn1C. The maximum atomic E-state index is 12.5. The predicted molar refractivity (Wildman–Crippen MR) is 92.7 cm³/mol. The van der Waals surface area contributed by atoms with Gasteiger partial charge in [-0.3, -0.25) is 4.79 Å². The Labute approximate surface area is 144 Å². The molecule has 1 N–H and O–H groups in total. The number of benzene rings is 2. The van der Waals surface area contributed by atoms with Crippen LogP contribution in [-0.2, 0) is 7.05 Å². The lowest BCUT2D eigenvalue weighted by atomic mass is 10.1. The maximum Gasteiger partial charge on any atom is 0.255 e. The Morgan fingerprint density at radius 2 is 1.96 bits per heavy atom. The van der Waals surface area contributed by atoms with E-state index in [9.17, 15) is 4.79 Å². The van der Waals surface area contributed by atoms with Gasteiger partial charge in [-0.2, -0.15) is 5.10 Å². The highest BCUT2D eigenvalue weighted by Gasteiger charge is 2.15. The van der Waals surface area contributed by atoms with E-state index in [0.717, 1.165) is 5.39 Å². The summed E-state index contributed by atoms with van der Waals surface area (Å²) >= 11 is 0. The molecule has 2 heterocycles. The van der Waals surface area contributed by atoms with Crippen molar-refractivity contribution in [2.45, 2.75) is 0 Å². The highest BCUT2D eigenvalue weighted by molar-refractivity contribution is 6.06. The number of anilines is 1. The molecule has 2 aromatic carbocycles. The van der Waals surface area contributed by atoms with Crippen molar-refractivity contribution in [3.05, 3.63) is 42.0 Å². The Bertz CT molecular complexity index is 964. The van der Waals surface area contributed by atoms with Crippen molar-refractivity contribution < 1.29 is 19.0 Å². The van der Waals surface area contributed by atoms with Gasteiger partial charge >= 0.3 is 0 Å². The zero-order valence-corrected chi connectivity index (χ0v) is 13.9. The molecule has 7 heteroatoms. The molecular weight excluding hydrogens is 322 g/mol. The van der Waals surface area contributed by atoms with Crippen LogP contribution in [0.3, 0.4) is 0 Å². The first-order chi connectivity index (χ1) is 12.2. The highest BCUT2D eigenvalue weighted by Crippen LogP contribution is 2.33. The lowest BCUT2D eigenvalue weighted by Crippen LogP contribution is -2.16. The number of ether oxygens (including phenoxy) is 3. The Kier molecular flexibility index (Phi) is 3.68. The number of methoxy groups -OCH3 is 1. The van der Waals surface area contributed by atoms with Crippen molar-refractivity contribution in [2.24, 2.45) is 7.05 Å². The Morgan fingerprint density at radius 1 is 1.16 bits per heavy atom. The standard InChI is InChI=1S/C18H17N3O4/c1-21-18(23-2)13-5-3-11(9-14(13)20-21)17(22)19-12-4-6-15-16(10-12)25-8-7-24-15/h3-6,9-10H,7-8H2,1-2H3,(H,19,22). The van der Waals surface area contributed by atoms with Crippen LogP contribution in [-0.4, -0.2) is 36.0 Å². The van der Waals surface area contributed by atoms with Crippen molar-refractivity contribution in [1.29, 1.82) is 0 Å². The monoisotopic (exact) mass is 339 g/mol. The second-order valence-electron chi connectivity index (χ2n) is 5.68. The number of rotatable bonds is 3. The van der Waals surface area contributed by atoms with Crippen molar-refractivity contribution in [1.82, 2.24) is 9.78 Å². The first-order valence-electron chi connectivity index (χ1n) is 7.87. The third-order valence-corrected chi connectivity index (χ3v) is 4.04. The zero-order chi connectivity index (χ0) is 17.4. The van der Waals surface area contributed by atoms with Crippen LogP contribution >= 0.6 is 0 Å². The van der Waals surface area contributed by atoms with Gasteiger partial charge < -0.3 is 19.5 Å². The number of aryl methyl sites for hydroxylation is 1. The Morgan fingerprint density at radius 3 is 2.76 bits per heavy atom. The lowest BCUT2D eigenvalue weighted by Gasteiger charge is -2.19. The van der Waals surface area contributed by atoms with Gasteiger partial charge in [0.15, 0.2) is 11.5 Å². The van der Waals surface area contributed by atoms with E-state index in [1.54, 1.807) is 49.2 Å². The number of nitrogens with zero attached hydrogens (tertiary/aromatic N) is 2. The number of hydrogen-bond donors (Lipinski definition) is 1. The van der Waals surface area contributed by atoms with E-state index < -0.39 is 0 Å². The second kappa shape index (κ2) is 6.01. The fraction of sp³-hybridized carbons (Fsp3) is 0.222. The van der Waals surface area contributed by atoms with Crippen LogP contribution in [0.25, 0.3) is 10.9 Å². The predicted octanol–water partition coefficient (Wildman–Crippen LogP) is 2.61. The van der Waals surface area contributed by atoms with Gasteiger partial charge in [0, 0.05) is 24.4 Å². The Balaban J connectivity index is 1.59. The molecule has 0 fully saturated rings. The number of amides is 1. The van der Waals surface area contributed by atoms with Gasteiger partial charge in [0.1, 0.15) is 13.2 Å². The van der Waals surface area contributed by atoms with E-state index in [1.165, 1.54) is 0 Å². The highest BCUT2D eigenvalue weighted by atomic mass is 16.6. The quantitative estimate of drug-likeness (QED) is 0.794. The average Bonchev–Trinajstić information content (AvgIpc) is 2.95. The molecule has 0 radical (unpaired) electrons. The lowest BCUT2D eigenvalue weighted by molar-refractivity contribution is 0.102. The van der Waals surface area contributed by atoms with Gasteiger partial charge in [0.05, 0.1) is 18.0 Å². The van der Waals surface area contributed by atoms with E-state index in [-0.39, 0.29) is 5.91 Å². The fourth-order valence-electron chi connectivity index (χ4n) is 2.88. The molecule has 0 unspecified atom stereocenters. The van der Waals surface area contributed by atoms with E-state index in [2.05, 4.69) is 10.4 Å². The van der Waals surface area contributed by atoms with Crippen molar-refractivity contribution >= 4 is 22.5 Å². The summed E-state index contributed by atoms with van der Waals surface area (Å²) in [6, 6.07) is 10.7. The molecule has 0 saturated heterocycles. The van der Waals surface area contributed by atoms with E-state index >= 15 is 0 Å². The third-order valence-electron chi connectivity index (χ3n) is 4.04. The number of carbonyl (C=O) groups excluding carboxylic acids is 1.